The van der Waals surface area contributed by atoms with Gasteiger partial charge in [0, 0.05) is 35.6 Å². The number of nitrogens with one attached hydrogen (secondary N) is 1. The fourth-order valence-corrected chi connectivity index (χ4v) is 4.36. The highest BCUT2D eigenvalue weighted by atomic mass is 16.5. The summed E-state index contributed by atoms with van der Waals surface area (Å²) in [4.78, 5) is 17.4. The Hall–Kier alpha value is -4.16. The normalized spacial score (nSPS) is 17.2. The number of hydrogen-bond donors (Lipinski definition) is 2. The van der Waals surface area contributed by atoms with E-state index in [0.717, 1.165) is 46.5 Å². The van der Waals surface area contributed by atoms with Crippen LogP contribution in [0.25, 0.3) is 22.5 Å². The maximum absolute atomic E-state index is 13.0. The highest BCUT2D eigenvalue weighted by Gasteiger charge is 2.40. The third-order valence-electron chi connectivity index (χ3n) is 6.51. The molecule has 34 heavy (non-hydrogen) atoms. The molecule has 3 N–H and O–H groups in total. The number of aromatic nitrogens is 2. The molecule has 2 aliphatic rings. The molecule has 3 aromatic carbocycles. The van der Waals surface area contributed by atoms with Crippen LogP contribution in [0.4, 0.5) is 5.69 Å². The molecule has 0 spiro atoms. The number of rotatable bonds is 5. The minimum atomic E-state index is -0.365. The summed E-state index contributed by atoms with van der Waals surface area (Å²) in [7, 11) is 1.95. The Morgan fingerprint density at radius 2 is 1.76 bits per heavy atom. The Morgan fingerprint density at radius 3 is 2.44 bits per heavy atom. The summed E-state index contributed by atoms with van der Waals surface area (Å²) in [6.45, 7) is 0. The number of fused-ring (bicyclic) bond motifs is 1. The molecule has 0 saturated heterocycles. The molecule has 6 nitrogen and oxygen atoms in total. The standard InChI is InChI=1S/C28H24N4O2/c1-32-16-23(30-17-32)18-8-12-21(13-9-18)31-26(19-6-10-20(11-7-19)28(29)14-15-28)25-22-4-2-3-5-24(22)34-27(25)33/h2-13,16-17,31H,14-15,29H2,1H3. The van der Waals surface area contributed by atoms with Crippen LogP contribution in [0, 0.1) is 0 Å². The van der Waals surface area contributed by atoms with Crippen LogP contribution in [0.15, 0.2) is 85.3 Å². The van der Waals surface area contributed by atoms with Crippen molar-refractivity contribution < 1.29 is 9.53 Å². The van der Waals surface area contributed by atoms with E-state index in [-0.39, 0.29) is 11.5 Å². The van der Waals surface area contributed by atoms with E-state index >= 15 is 0 Å². The topological polar surface area (TPSA) is 82.2 Å². The summed E-state index contributed by atoms with van der Waals surface area (Å²) in [6.07, 6.45) is 5.76. The van der Waals surface area contributed by atoms with E-state index in [4.69, 9.17) is 10.5 Å². The van der Waals surface area contributed by atoms with E-state index in [1.165, 1.54) is 0 Å². The van der Waals surface area contributed by atoms with E-state index < -0.39 is 0 Å². The lowest BCUT2D eigenvalue weighted by Crippen LogP contribution is -2.18. The number of para-hydroxylation sites is 1. The van der Waals surface area contributed by atoms with Crippen LogP contribution in [-0.2, 0) is 17.4 Å². The van der Waals surface area contributed by atoms with Crippen LogP contribution in [0.1, 0.15) is 29.5 Å². The number of anilines is 1. The van der Waals surface area contributed by atoms with Gasteiger partial charge >= 0.3 is 5.97 Å². The number of ether oxygens (including phenoxy) is 1. The number of esters is 1. The molecule has 1 aliphatic carbocycles. The van der Waals surface area contributed by atoms with Crippen LogP contribution in [-0.4, -0.2) is 15.5 Å². The first-order valence-electron chi connectivity index (χ1n) is 11.3. The molecular formula is C28H24N4O2. The van der Waals surface area contributed by atoms with Gasteiger partial charge in [-0.1, -0.05) is 54.6 Å². The highest BCUT2D eigenvalue weighted by Crippen LogP contribution is 2.43. The molecule has 0 unspecified atom stereocenters. The molecule has 0 amide bonds. The first-order valence-corrected chi connectivity index (χ1v) is 11.3. The third-order valence-corrected chi connectivity index (χ3v) is 6.51. The fourth-order valence-electron chi connectivity index (χ4n) is 4.36. The monoisotopic (exact) mass is 448 g/mol. The van der Waals surface area contributed by atoms with Gasteiger partial charge < -0.3 is 20.4 Å². The summed E-state index contributed by atoms with van der Waals surface area (Å²) in [5, 5.41) is 3.49. The molecule has 1 fully saturated rings. The maximum atomic E-state index is 13.0. The molecule has 6 heteroatoms. The summed E-state index contributed by atoms with van der Waals surface area (Å²) >= 11 is 0. The second kappa shape index (κ2) is 7.71. The average molecular weight is 449 g/mol. The number of hydrogen-bond acceptors (Lipinski definition) is 5. The van der Waals surface area contributed by atoms with E-state index in [1.54, 1.807) is 6.33 Å². The zero-order chi connectivity index (χ0) is 23.3. The Labute approximate surface area is 197 Å². The molecular weight excluding hydrogens is 424 g/mol. The molecule has 0 bridgehead atoms. The molecule has 2 heterocycles. The van der Waals surface area contributed by atoms with Crippen molar-refractivity contribution in [2.45, 2.75) is 18.4 Å². The molecule has 1 aromatic heterocycles. The van der Waals surface area contributed by atoms with Gasteiger partial charge in [-0.05, 0) is 42.2 Å². The predicted octanol–water partition coefficient (Wildman–Crippen LogP) is 4.93. The summed E-state index contributed by atoms with van der Waals surface area (Å²) < 4.78 is 7.48. The summed E-state index contributed by atoms with van der Waals surface area (Å²) in [5.74, 6) is 0.207. The maximum Gasteiger partial charge on any atom is 0.346 e. The number of carbonyl (C=O) groups excluding carboxylic acids is 1. The lowest BCUT2D eigenvalue weighted by molar-refractivity contribution is -0.126. The highest BCUT2D eigenvalue weighted by molar-refractivity contribution is 6.29. The Bertz CT molecular complexity index is 1430. The summed E-state index contributed by atoms with van der Waals surface area (Å²) in [5.41, 5.74) is 13.0. The SMILES string of the molecule is Cn1cnc(-c2ccc(NC(=C3C(=O)Oc4ccccc43)c3ccc(C4(N)CC4)cc3)cc2)c1. The van der Waals surface area contributed by atoms with Gasteiger partial charge in [0.1, 0.15) is 5.75 Å². The molecule has 1 saturated carbocycles. The molecule has 6 rings (SSSR count). The first kappa shape index (κ1) is 20.4. The van der Waals surface area contributed by atoms with E-state index in [2.05, 4.69) is 22.4 Å². The van der Waals surface area contributed by atoms with Gasteiger partial charge in [0.25, 0.3) is 0 Å². The van der Waals surface area contributed by atoms with Crippen molar-refractivity contribution in [1.82, 2.24) is 9.55 Å². The average Bonchev–Trinajstić information content (AvgIpc) is 3.31. The number of nitrogens with two attached hydrogens (primary N) is 1. The number of benzene rings is 3. The quantitative estimate of drug-likeness (QED) is 0.257. The van der Waals surface area contributed by atoms with E-state index in [1.807, 2.05) is 78.5 Å². The van der Waals surface area contributed by atoms with Crippen LogP contribution in [0.5, 0.6) is 5.75 Å². The van der Waals surface area contributed by atoms with Crippen molar-refractivity contribution >= 4 is 22.9 Å². The number of aryl methyl sites for hydroxylation is 1. The molecule has 168 valence electrons. The van der Waals surface area contributed by atoms with Crippen molar-refractivity contribution in [3.8, 4) is 17.0 Å². The van der Waals surface area contributed by atoms with Gasteiger partial charge in [-0.15, -0.1) is 0 Å². The van der Waals surface area contributed by atoms with E-state index in [9.17, 15) is 4.79 Å². The number of nitrogens with zero attached hydrogens (tertiary/aromatic N) is 2. The lowest BCUT2D eigenvalue weighted by Gasteiger charge is -2.16. The first-order chi connectivity index (χ1) is 16.5. The zero-order valence-corrected chi connectivity index (χ0v) is 18.8. The van der Waals surface area contributed by atoms with Crippen LogP contribution < -0.4 is 15.8 Å². The van der Waals surface area contributed by atoms with Gasteiger partial charge in [0.2, 0.25) is 0 Å². The largest absolute Gasteiger partial charge is 0.422 e. The molecule has 4 aromatic rings. The predicted molar refractivity (Wildman–Crippen MR) is 133 cm³/mol. The zero-order valence-electron chi connectivity index (χ0n) is 18.8. The third kappa shape index (κ3) is 3.58. The van der Waals surface area contributed by atoms with Gasteiger partial charge in [0.15, 0.2) is 0 Å². The Morgan fingerprint density at radius 1 is 1.03 bits per heavy atom. The second-order valence-corrected chi connectivity index (χ2v) is 9.00. The minimum absolute atomic E-state index is 0.209. The smallest absolute Gasteiger partial charge is 0.346 e. The number of imidazole rings is 1. The van der Waals surface area contributed by atoms with Gasteiger partial charge in [-0.25, -0.2) is 9.78 Å². The lowest BCUT2D eigenvalue weighted by atomic mass is 9.97. The minimum Gasteiger partial charge on any atom is -0.422 e. The van der Waals surface area contributed by atoms with Gasteiger partial charge in [-0.3, -0.25) is 0 Å². The van der Waals surface area contributed by atoms with Crippen LogP contribution in [0.3, 0.4) is 0 Å². The van der Waals surface area contributed by atoms with Gasteiger partial charge in [0.05, 0.1) is 23.3 Å². The molecule has 0 atom stereocenters. The Kier molecular flexibility index (Phi) is 4.64. The summed E-state index contributed by atoms with van der Waals surface area (Å²) in [6, 6.07) is 23.7. The second-order valence-electron chi connectivity index (χ2n) is 9.00. The fraction of sp³-hybridized carbons (Fsp3) is 0.143. The van der Waals surface area contributed by atoms with Crippen molar-refractivity contribution in [1.29, 1.82) is 0 Å². The molecule has 0 radical (unpaired) electrons. The van der Waals surface area contributed by atoms with Crippen molar-refractivity contribution in [3.05, 3.63) is 102 Å². The molecule has 1 aliphatic heterocycles. The van der Waals surface area contributed by atoms with E-state index in [0.29, 0.717) is 17.0 Å². The van der Waals surface area contributed by atoms with Crippen LogP contribution >= 0.6 is 0 Å². The van der Waals surface area contributed by atoms with Crippen molar-refractivity contribution in [3.63, 3.8) is 0 Å². The van der Waals surface area contributed by atoms with Crippen molar-refractivity contribution in [2.75, 3.05) is 5.32 Å². The van der Waals surface area contributed by atoms with Gasteiger partial charge in [-0.2, -0.15) is 0 Å². The Balaban J connectivity index is 1.41. The van der Waals surface area contributed by atoms with Crippen molar-refractivity contribution in [2.24, 2.45) is 12.8 Å². The number of carbonyl (C=O) groups is 1. The van der Waals surface area contributed by atoms with Crippen LogP contribution in [0.2, 0.25) is 0 Å².